The van der Waals surface area contributed by atoms with Crippen LogP contribution < -0.4 is 10.1 Å². The maximum absolute atomic E-state index is 12.0. The Bertz CT molecular complexity index is 714. The van der Waals surface area contributed by atoms with E-state index in [-0.39, 0.29) is 18.3 Å². The Morgan fingerprint density at radius 2 is 1.83 bits per heavy atom. The molecule has 0 unspecified atom stereocenters. The number of nitrogens with zero attached hydrogens (tertiary/aromatic N) is 1. The number of carbonyl (C=O) groups is 2. The number of benzene rings is 2. The largest absolute Gasteiger partial charge is 0.484 e. The van der Waals surface area contributed by atoms with Crippen LogP contribution in [0.4, 0.5) is 5.69 Å². The number of hydrogen-bond acceptors (Lipinski definition) is 4. The summed E-state index contributed by atoms with van der Waals surface area (Å²) in [7, 11) is 3.66. The fraction of sp³-hybridized carbons (Fsp3) is 0.222. The molecule has 126 valence electrons. The van der Waals surface area contributed by atoms with Gasteiger partial charge in [-0.15, -0.1) is 0 Å². The zero-order valence-corrected chi connectivity index (χ0v) is 14.3. The van der Waals surface area contributed by atoms with E-state index >= 15 is 0 Å². The minimum atomic E-state index is -0.304. The van der Waals surface area contributed by atoms with Crippen molar-refractivity contribution in [2.45, 2.75) is 0 Å². The van der Waals surface area contributed by atoms with E-state index in [9.17, 15) is 9.59 Å². The highest BCUT2D eigenvalue weighted by molar-refractivity contribution is 6.30. The zero-order valence-electron chi connectivity index (χ0n) is 13.6. The lowest BCUT2D eigenvalue weighted by Crippen LogP contribution is -2.22. The first-order valence-corrected chi connectivity index (χ1v) is 7.78. The van der Waals surface area contributed by atoms with E-state index in [1.807, 2.05) is 14.1 Å². The van der Waals surface area contributed by atoms with Crippen molar-refractivity contribution in [2.75, 3.05) is 32.6 Å². The monoisotopic (exact) mass is 346 g/mol. The summed E-state index contributed by atoms with van der Waals surface area (Å²) in [5.41, 5.74) is 1.12. The summed E-state index contributed by atoms with van der Waals surface area (Å²) in [4.78, 5) is 25.8. The van der Waals surface area contributed by atoms with Gasteiger partial charge in [-0.25, -0.2) is 0 Å². The van der Waals surface area contributed by atoms with Gasteiger partial charge in [0.2, 0.25) is 0 Å². The number of ketones is 1. The number of amides is 1. The third kappa shape index (κ3) is 5.68. The van der Waals surface area contributed by atoms with Gasteiger partial charge in [-0.1, -0.05) is 23.7 Å². The molecule has 0 spiro atoms. The predicted octanol–water partition coefficient (Wildman–Crippen LogP) is 3.10. The van der Waals surface area contributed by atoms with Gasteiger partial charge in [0.1, 0.15) is 5.75 Å². The number of likely N-dealkylation sites (N-methyl/N-ethyl adjacent to an activating group) is 1. The van der Waals surface area contributed by atoms with Gasteiger partial charge in [-0.05, 0) is 50.5 Å². The van der Waals surface area contributed by atoms with Crippen LogP contribution in [0.5, 0.6) is 5.75 Å². The normalized spacial score (nSPS) is 10.5. The quantitative estimate of drug-likeness (QED) is 0.783. The van der Waals surface area contributed by atoms with Gasteiger partial charge in [0.15, 0.2) is 12.4 Å². The Morgan fingerprint density at radius 3 is 2.50 bits per heavy atom. The number of nitrogens with one attached hydrogen (secondary N) is 1. The van der Waals surface area contributed by atoms with Crippen LogP contribution in [0.3, 0.4) is 0 Å². The lowest BCUT2D eigenvalue weighted by molar-refractivity contribution is -0.118. The van der Waals surface area contributed by atoms with Crippen molar-refractivity contribution in [1.29, 1.82) is 0 Å². The molecule has 0 aliphatic carbocycles. The van der Waals surface area contributed by atoms with Gasteiger partial charge < -0.3 is 15.0 Å². The van der Waals surface area contributed by atoms with Crippen LogP contribution in [-0.4, -0.2) is 43.8 Å². The summed E-state index contributed by atoms with van der Waals surface area (Å²) in [5.74, 6) is 0.250. The molecule has 24 heavy (non-hydrogen) atoms. The highest BCUT2D eigenvalue weighted by atomic mass is 35.5. The predicted molar refractivity (Wildman–Crippen MR) is 94.9 cm³/mol. The van der Waals surface area contributed by atoms with E-state index in [0.717, 1.165) is 0 Å². The van der Waals surface area contributed by atoms with Crippen LogP contribution >= 0.6 is 11.6 Å². The standard InChI is InChI=1S/C18H19ClN2O3/c1-21(2)11-17(22)13-4-3-5-15(10-13)20-18(23)12-24-16-8-6-14(19)7-9-16/h3-10H,11-12H2,1-2H3,(H,20,23). The number of Topliss-reactive ketones (excluding diaryl/α,β-unsaturated/α-hetero) is 1. The minimum absolute atomic E-state index is 0.00601. The summed E-state index contributed by atoms with van der Waals surface area (Å²) in [6.45, 7) is 0.189. The molecule has 0 saturated heterocycles. The van der Waals surface area contributed by atoms with Crippen LogP contribution in [0.2, 0.25) is 5.02 Å². The first-order chi connectivity index (χ1) is 11.4. The zero-order chi connectivity index (χ0) is 17.5. The summed E-state index contributed by atoms with van der Waals surface area (Å²) < 4.78 is 5.38. The fourth-order valence-corrected chi connectivity index (χ4v) is 2.15. The highest BCUT2D eigenvalue weighted by Crippen LogP contribution is 2.16. The molecule has 5 nitrogen and oxygen atoms in total. The molecule has 2 aromatic carbocycles. The van der Waals surface area contributed by atoms with E-state index in [2.05, 4.69) is 5.32 Å². The molecule has 0 aliphatic heterocycles. The number of hydrogen-bond donors (Lipinski definition) is 1. The Balaban J connectivity index is 1.91. The second kappa shape index (κ2) is 8.47. The van der Waals surface area contributed by atoms with Crippen molar-refractivity contribution in [3.8, 4) is 5.75 Å². The van der Waals surface area contributed by atoms with E-state index in [1.165, 1.54) is 0 Å². The smallest absolute Gasteiger partial charge is 0.262 e. The SMILES string of the molecule is CN(C)CC(=O)c1cccc(NC(=O)COc2ccc(Cl)cc2)c1. The molecule has 2 rings (SSSR count). The van der Waals surface area contributed by atoms with Crippen LogP contribution in [0.1, 0.15) is 10.4 Å². The molecular weight excluding hydrogens is 328 g/mol. The van der Waals surface area contributed by atoms with Crippen LogP contribution in [0, 0.1) is 0 Å². The maximum atomic E-state index is 12.0. The maximum Gasteiger partial charge on any atom is 0.262 e. The van der Waals surface area contributed by atoms with Gasteiger partial charge >= 0.3 is 0 Å². The second-order valence-corrected chi connectivity index (χ2v) is 5.97. The van der Waals surface area contributed by atoms with Gasteiger partial charge in [-0.3, -0.25) is 9.59 Å². The minimum Gasteiger partial charge on any atom is -0.484 e. The molecule has 1 N–H and O–H groups in total. The van der Waals surface area contributed by atoms with Crippen LogP contribution in [0.15, 0.2) is 48.5 Å². The van der Waals surface area contributed by atoms with Crippen molar-refractivity contribution in [2.24, 2.45) is 0 Å². The average molecular weight is 347 g/mol. The van der Waals surface area contributed by atoms with Gasteiger partial charge in [0.05, 0.1) is 6.54 Å². The highest BCUT2D eigenvalue weighted by Gasteiger charge is 2.09. The van der Waals surface area contributed by atoms with Crippen molar-refractivity contribution >= 4 is 29.0 Å². The topological polar surface area (TPSA) is 58.6 Å². The summed E-state index contributed by atoms with van der Waals surface area (Å²) >= 11 is 5.79. The van der Waals surface area contributed by atoms with E-state index < -0.39 is 0 Å². The summed E-state index contributed by atoms with van der Waals surface area (Å²) in [6, 6.07) is 13.6. The molecule has 0 aliphatic rings. The first-order valence-electron chi connectivity index (χ1n) is 7.40. The molecular formula is C18H19ClN2O3. The number of anilines is 1. The summed E-state index contributed by atoms with van der Waals surface area (Å²) in [5, 5.41) is 3.32. The molecule has 0 radical (unpaired) electrons. The first kappa shape index (κ1) is 18.0. The van der Waals surface area contributed by atoms with E-state index in [4.69, 9.17) is 16.3 Å². The van der Waals surface area contributed by atoms with Crippen molar-refractivity contribution in [3.63, 3.8) is 0 Å². The molecule has 0 saturated carbocycles. The molecule has 6 heteroatoms. The van der Waals surface area contributed by atoms with Crippen LogP contribution in [-0.2, 0) is 4.79 Å². The van der Waals surface area contributed by atoms with Crippen molar-refractivity contribution < 1.29 is 14.3 Å². The lowest BCUT2D eigenvalue weighted by Gasteiger charge is -2.10. The molecule has 0 heterocycles. The second-order valence-electron chi connectivity index (χ2n) is 5.53. The average Bonchev–Trinajstić information content (AvgIpc) is 2.54. The summed E-state index contributed by atoms with van der Waals surface area (Å²) in [6.07, 6.45) is 0. The van der Waals surface area contributed by atoms with E-state index in [1.54, 1.807) is 53.4 Å². The van der Waals surface area contributed by atoms with Crippen molar-refractivity contribution in [3.05, 3.63) is 59.1 Å². The third-order valence-corrected chi connectivity index (χ3v) is 3.36. The van der Waals surface area contributed by atoms with Crippen LogP contribution in [0.25, 0.3) is 0 Å². The van der Waals surface area contributed by atoms with E-state index in [0.29, 0.717) is 28.6 Å². The van der Waals surface area contributed by atoms with Crippen molar-refractivity contribution in [1.82, 2.24) is 4.90 Å². The molecule has 0 atom stereocenters. The molecule has 0 bridgehead atoms. The fourth-order valence-electron chi connectivity index (χ4n) is 2.03. The van der Waals surface area contributed by atoms with Gasteiger partial charge in [0, 0.05) is 16.3 Å². The Labute approximate surface area is 146 Å². The number of ether oxygens (including phenoxy) is 1. The van der Waals surface area contributed by atoms with Gasteiger partial charge in [0.25, 0.3) is 5.91 Å². The molecule has 1 amide bonds. The third-order valence-electron chi connectivity index (χ3n) is 3.11. The number of rotatable bonds is 7. The number of carbonyl (C=O) groups excluding carboxylic acids is 2. The number of halogens is 1. The molecule has 0 fully saturated rings. The Morgan fingerprint density at radius 1 is 1.12 bits per heavy atom. The Kier molecular flexibility index (Phi) is 6.35. The molecule has 0 aromatic heterocycles. The van der Waals surface area contributed by atoms with Gasteiger partial charge in [-0.2, -0.15) is 0 Å². The lowest BCUT2D eigenvalue weighted by atomic mass is 10.1. The molecule has 2 aromatic rings. The Hall–Kier alpha value is -2.37.